The topological polar surface area (TPSA) is 39.9 Å². The van der Waals surface area contributed by atoms with E-state index in [0.29, 0.717) is 5.92 Å². The first kappa shape index (κ1) is 14.4. The van der Waals surface area contributed by atoms with Crippen molar-refractivity contribution in [1.29, 1.82) is 5.26 Å². The Kier molecular flexibility index (Phi) is 3.82. The standard InChI is InChI=1S/C19H17N3S/c20-11-14-4-3-5-15(10-14)12-22-9-8-16(13-22)19-21-17-6-1-2-7-18(17)23-19/h1-7,10,16H,8-9,12-13H2. The number of para-hydroxylation sites is 1. The molecule has 4 heteroatoms. The quantitative estimate of drug-likeness (QED) is 0.728. The van der Waals surface area contributed by atoms with E-state index >= 15 is 0 Å². The van der Waals surface area contributed by atoms with Gasteiger partial charge in [-0.05, 0) is 42.8 Å². The summed E-state index contributed by atoms with van der Waals surface area (Å²) in [5.74, 6) is 0.534. The number of hydrogen-bond acceptors (Lipinski definition) is 4. The zero-order chi connectivity index (χ0) is 15.6. The fourth-order valence-corrected chi connectivity index (χ4v) is 4.33. The summed E-state index contributed by atoms with van der Waals surface area (Å²) in [6.45, 7) is 3.06. The maximum Gasteiger partial charge on any atom is 0.0991 e. The predicted molar refractivity (Wildman–Crippen MR) is 93.4 cm³/mol. The molecule has 0 amide bonds. The Hall–Kier alpha value is -2.22. The summed E-state index contributed by atoms with van der Waals surface area (Å²) in [6.07, 6.45) is 1.16. The molecule has 0 bridgehead atoms. The molecule has 0 radical (unpaired) electrons. The van der Waals surface area contributed by atoms with E-state index < -0.39 is 0 Å². The average molecular weight is 319 g/mol. The molecule has 0 N–H and O–H groups in total. The van der Waals surface area contributed by atoms with Crippen molar-refractivity contribution in [3.05, 3.63) is 64.7 Å². The van der Waals surface area contributed by atoms with Gasteiger partial charge in [0, 0.05) is 19.0 Å². The van der Waals surface area contributed by atoms with Crippen molar-refractivity contribution >= 4 is 21.6 Å². The Balaban J connectivity index is 1.47. The second-order valence-corrected chi connectivity index (χ2v) is 7.11. The zero-order valence-corrected chi connectivity index (χ0v) is 13.6. The normalized spacial score (nSPS) is 18.3. The summed E-state index contributed by atoms with van der Waals surface area (Å²) in [5, 5.41) is 10.3. The highest BCUT2D eigenvalue weighted by Gasteiger charge is 2.26. The van der Waals surface area contributed by atoms with Crippen molar-refractivity contribution < 1.29 is 0 Å². The first-order valence-corrected chi connectivity index (χ1v) is 8.70. The summed E-state index contributed by atoms with van der Waals surface area (Å²) in [7, 11) is 0. The zero-order valence-electron chi connectivity index (χ0n) is 12.8. The van der Waals surface area contributed by atoms with E-state index in [1.165, 1.54) is 15.3 Å². The monoisotopic (exact) mass is 319 g/mol. The van der Waals surface area contributed by atoms with Gasteiger partial charge in [0.05, 0.1) is 26.9 Å². The van der Waals surface area contributed by atoms with Crippen LogP contribution in [0.25, 0.3) is 10.2 Å². The molecule has 3 nitrogen and oxygen atoms in total. The lowest BCUT2D eigenvalue weighted by molar-refractivity contribution is 0.327. The molecule has 1 aliphatic heterocycles. The van der Waals surface area contributed by atoms with Crippen molar-refractivity contribution in [2.45, 2.75) is 18.9 Å². The minimum Gasteiger partial charge on any atom is -0.298 e. The average Bonchev–Trinajstić information content (AvgIpc) is 3.21. The molecule has 0 saturated carbocycles. The van der Waals surface area contributed by atoms with Gasteiger partial charge < -0.3 is 0 Å². The van der Waals surface area contributed by atoms with E-state index in [4.69, 9.17) is 10.2 Å². The van der Waals surface area contributed by atoms with Gasteiger partial charge in [0.1, 0.15) is 0 Å². The Morgan fingerprint density at radius 2 is 2.13 bits per heavy atom. The first-order valence-electron chi connectivity index (χ1n) is 7.89. The van der Waals surface area contributed by atoms with Crippen molar-refractivity contribution in [1.82, 2.24) is 9.88 Å². The third kappa shape index (κ3) is 2.98. The van der Waals surface area contributed by atoms with Gasteiger partial charge in [0.2, 0.25) is 0 Å². The van der Waals surface area contributed by atoms with E-state index in [0.717, 1.165) is 37.1 Å². The molecule has 23 heavy (non-hydrogen) atoms. The lowest BCUT2D eigenvalue weighted by atomic mass is 10.1. The number of rotatable bonds is 3. The van der Waals surface area contributed by atoms with Crippen LogP contribution < -0.4 is 0 Å². The van der Waals surface area contributed by atoms with Crippen LogP contribution in [0.3, 0.4) is 0 Å². The van der Waals surface area contributed by atoms with E-state index in [1.54, 1.807) is 0 Å². The number of nitrogens with zero attached hydrogens (tertiary/aromatic N) is 3. The van der Waals surface area contributed by atoms with E-state index in [2.05, 4.69) is 41.3 Å². The Morgan fingerprint density at radius 1 is 1.22 bits per heavy atom. The Morgan fingerprint density at radius 3 is 3.00 bits per heavy atom. The van der Waals surface area contributed by atoms with Crippen LogP contribution in [0.15, 0.2) is 48.5 Å². The number of fused-ring (bicyclic) bond motifs is 1. The van der Waals surface area contributed by atoms with Crippen LogP contribution in [0.2, 0.25) is 0 Å². The molecule has 3 aromatic rings. The Labute approximate surface area is 139 Å². The number of hydrogen-bond donors (Lipinski definition) is 0. The molecule has 1 aromatic heterocycles. The smallest absolute Gasteiger partial charge is 0.0991 e. The van der Waals surface area contributed by atoms with Crippen molar-refractivity contribution in [3.63, 3.8) is 0 Å². The molecular formula is C19H17N3S. The molecule has 4 rings (SSSR count). The van der Waals surface area contributed by atoms with Crippen LogP contribution in [0.4, 0.5) is 0 Å². The summed E-state index contributed by atoms with van der Waals surface area (Å²) < 4.78 is 1.28. The van der Waals surface area contributed by atoms with Crippen LogP contribution in [-0.4, -0.2) is 23.0 Å². The lowest BCUT2D eigenvalue weighted by Crippen LogP contribution is -2.19. The van der Waals surface area contributed by atoms with E-state index in [1.807, 2.05) is 29.5 Å². The minimum atomic E-state index is 0.534. The molecule has 1 atom stereocenters. The lowest BCUT2D eigenvalue weighted by Gasteiger charge is -2.15. The number of aromatic nitrogens is 1. The van der Waals surface area contributed by atoms with Crippen LogP contribution in [0.1, 0.15) is 28.5 Å². The fourth-order valence-electron chi connectivity index (χ4n) is 3.24. The molecular weight excluding hydrogens is 302 g/mol. The molecule has 2 heterocycles. The highest BCUT2D eigenvalue weighted by Crippen LogP contribution is 2.33. The van der Waals surface area contributed by atoms with Crippen LogP contribution in [0.5, 0.6) is 0 Å². The Bertz CT molecular complexity index is 844. The predicted octanol–water partition coefficient (Wildman–Crippen LogP) is 4.16. The second kappa shape index (κ2) is 6.11. The largest absolute Gasteiger partial charge is 0.298 e. The highest BCUT2D eigenvalue weighted by molar-refractivity contribution is 7.18. The van der Waals surface area contributed by atoms with Crippen molar-refractivity contribution in [2.24, 2.45) is 0 Å². The molecule has 114 valence electrons. The summed E-state index contributed by atoms with van der Waals surface area (Å²) in [4.78, 5) is 7.28. The van der Waals surface area contributed by atoms with Gasteiger partial charge in [-0.3, -0.25) is 4.90 Å². The molecule has 1 fully saturated rings. The molecule has 0 aliphatic carbocycles. The number of likely N-dealkylation sites (tertiary alicyclic amines) is 1. The first-order chi connectivity index (χ1) is 11.3. The van der Waals surface area contributed by atoms with Crippen molar-refractivity contribution in [3.8, 4) is 6.07 Å². The molecule has 2 aromatic carbocycles. The second-order valence-electron chi connectivity index (χ2n) is 6.05. The van der Waals surface area contributed by atoms with Gasteiger partial charge in [-0.25, -0.2) is 4.98 Å². The maximum atomic E-state index is 9.01. The maximum absolute atomic E-state index is 9.01. The van der Waals surface area contributed by atoms with Gasteiger partial charge in [0.15, 0.2) is 0 Å². The number of thiazole rings is 1. The van der Waals surface area contributed by atoms with Gasteiger partial charge in [0.25, 0.3) is 0 Å². The SMILES string of the molecule is N#Cc1cccc(CN2CCC(c3nc4ccccc4s3)C2)c1. The third-order valence-corrected chi connectivity index (χ3v) is 5.59. The van der Waals surface area contributed by atoms with Gasteiger partial charge in [-0.15, -0.1) is 11.3 Å². The molecule has 0 spiro atoms. The number of benzene rings is 2. The molecule has 1 aliphatic rings. The van der Waals surface area contributed by atoms with Crippen LogP contribution in [-0.2, 0) is 6.54 Å². The summed E-state index contributed by atoms with van der Waals surface area (Å²) in [5.41, 5.74) is 3.08. The molecule has 1 unspecified atom stereocenters. The molecule has 1 saturated heterocycles. The number of nitriles is 1. The summed E-state index contributed by atoms with van der Waals surface area (Å²) in [6, 6.07) is 18.5. The summed E-state index contributed by atoms with van der Waals surface area (Å²) >= 11 is 1.83. The van der Waals surface area contributed by atoms with E-state index in [-0.39, 0.29) is 0 Å². The van der Waals surface area contributed by atoms with E-state index in [9.17, 15) is 0 Å². The third-order valence-electron chi connectivity index (χ3n) is 4.39. The fraction of sp³-hybridized carbons (Fsp3) is 0.263. The van der Waals surface area contributed by atoms with Gasteiger partial charge in [-0.2, -0.15) is 5.26 Å². The van der Waals surface area contributed by atoms with Crippen molar-refractivity contribution in [2.75, 3.05) is 13.1 Å². The van der Waals surface area contributed by atoms with Crippen LogP contribution in [0, 0.1) is 11.3 Å². The van der Waals surface area contributed by atoms with Crippen LogP contribution >= 0.6 is 11.3 Å². The van der Waals surface area contributed by atoms with Gasteiger partial charge in [-0.1, -0.05) is 24.3 Å². The van der Waals surface area contributed by atoms with Gasteiger partial charge >= 0.3 is 0 Å². The highest BCUT2D eigenvalue weighted by atomic mass is 32.1. The minimum absolute atomic E-state index is 0.534.